The van der Waals surface area contributed by atoms with Crippen molar-refractivity contribution in [2.75, 3.05) is 19.8 Å². The molecule has 1 aromatic heterocycles. The van der Waals surface area contributed by atoms with E-state index in [1.54, 1.807) is 22.9 Å². The average Bonchev–Trinajstić information content (AvgIpc) is 2.75. The van der Waals surface area contributed by atoms with Gasteiger partial charge in [-0.05, 0) is 0 Å². The van der Waals surface area contributed by atoms with Gasteiger partial charge in [0.15, 0.2) is 0 Å². The molecule has 6 heteroatoms. The molecule has 0 atom stereocenters. The highest BCUT2D eigenvalue weighted by Gasteiger charge is 2.07. The Kier molecular flexibility index (Phi) is 5.24. The molecule has 16 heavy (non-hydrogen) atoms. The van der Waals surface area contributed by atoms with E-state index in [4.69, 9.17) is 10.2 Å². The molecule has 0 saturated carbocycles. The van der Waals surface area contributed by atoms with Gasteiger partial charge in [0, 0.05) is 19.3 Å². The van der Waals surface area contributed by atoms with Crippen LogP contribution in [0.3, 0.4) is 0 Å². The first kappa shape index (κ1) is 12.4. The standard InChI is InChI=1S/C10H15N3O3/c14-5-2-1-4-13-7-9(12-8-13)10(16)11-3-6-15/h1-2,7-8,14-15H,3-6H2,(H,11,16). The summed E-state index contributed by atoms with van der Waals surface area (Å²) in [5, 5.41) is 19.6. The van der Waals surface area contributed by atoms with Crippen LogP contribution in [0.1, 0.15) is 10.5 Å². The average molecular weight is 225 g/mol. The van der Waals surface area contributed by atoms with Crippen LogP contribution in [0.2, 0.25) is 0 Å². The van der Waals surface area contributed by atoms with Gasteiger partial charge in [0.05, 0.1) is 19.5 Å². The van der Waals surface area contributed by atoms with Crippen molar-refractivity contribution >= 4 is 5.91 Å². The van der Waals surface area contributed by atoms with Crippen LogP contribution in [-0.4, -0.2) is 45.4 Å². The minimum absolute atomic E-state index is 0.00145. The van der Waals surface area contributed by atoms with Gasteiger partial charge < -0.3 is 20.1 Å². The van der Waals surface area contributed by atoms with Crippen molar-refractivity contribution in [2.24, 2.45) is 0 Å². The van der Waals surface area contributed by atoms with Gasteiger partial charge >= 0.3 is 0 Å². The molecule has 0 spiro atoms. The molecule has 0 saturated heterocycles. The molecule has 0 aliphatic rings. The van der Waals surface area contributed by atoms with Crippen molar-refractivity contribution in [3.05, 3.63) is 30.4 Å². The predicted molar refractivity (Wildman–Crippen MR) is 57.9 cm³/mol. The van der Waals surface area contributed by atoms with Crippen LogP contribution in [-0.2, 0) is 6.54 Å². The van der Waals surface area contributed by atoms with Gasteiger partial charge in [0.25, 0.3) is 5.91 Å². The van der Waals surface area contributed by atoms with Crippen molar-refractivity contribution in [3.63, 3.8) is 0 Å². The van der Waals surface area contributed by atoms with E-state index in [-0.39, 0.29) is 25.7 Å². The SMILES string of the molecule is O=C(NCCO)c1cn(CC=CCO)cn1. The second-order valence-electron chi connectivity index (χ2n) is 3.09. The third kappa shape index (κ3) is 3.84. The molecule has 88 valence electrons. The Morgan fingerprint density at radius 1 is 1.50 bits per heavy atom. The molecule has 1 rings (SSSR count). The van der Waals surface area contributed by atoms with Gasteiger partial charge in [-0.3, -0.25) is 4.79 Å². The van der Waals surface area contributed by atoms with Gasteiger partial charge in [-0.25, -0.2) is 4.98 Å². The van der Waals surface area contributed by atoms with Gasteiger partial charge in [-0.2, -0.15) is 0 Å². The van der Waals surface area contributed by atoms with Crippen LogP contribution in [0.25, 0.3) is 0 Å². The predicted octanol–water partition coefficient (Wildman–Crippen LogP) is -0.846. The zero-order valence-electron chi connectivity index (χ0n) is 8.83. The maximum atomic E-state index is 11.4. The van der Waals surface area contributed by atoms with E-state index in [0.29, 0.717) is 12.2 Å². The molecule has 0 radical (unpaired) electrons. The van der Waals surface area contributed by atoms with Gasteiger partial charge in [0.2, 0.25) is 0 Å². The number of aliphatic hydroxyl groups is 2. The molecule has 1 heterocycles. The molecule has 0 fully saturated rings. The molecule has 0 bridgehead atoms. The highest BCUT2D eigenvalue weighted by atomic mass is 16.3. The van der Waals surface area contributed by atoms with Crippen molar-refractivity contribution in [1.82, 2.24) is 14.9 Å². The van der Waals surface area contributed by atoms with Crippen LogP contribution in [0, 0.1) is 0 Å². The molecule has 0 unspecified atom stereocenters. The van der Waals surface area contributed by atoms with Crippen molar-refractivity contribution < 1.29 is 15.0 Å². The monoisotopic (exact) mass is 225 g/mol. The fourth-order valence-corrected chi connectivity index (χ4v) is 1.11. The Balaban J connectivity index is 2.50. The molecule has 1 amide bonds. The van der Waals surface area contributed by atoms with E-state index in [2.05, 4.69) is 10.3 Å². The highest BCUT2D eigenvalue weighted by molar-refractivity contribution is 5.91. The molecule has 0 aliphatic carbocycles. The largest absolute Gasteiger partial charge is 0.395 e. The number of aliphatic hydroxyl groups excluding tert-OH is 2. The smallest absolute Gasteiger partial charge is 0.271 e. The van der Waals surface area contributed by atoms with E-state index in [0.717, 1.165) is 0 Å². The first-order valence-electron chi connectivity index (χ1n) is 4.94. The van der Waals surface area contributed by atoms with Crippen LogP contribution >= 0.6 is 0 Å². The lowest BCUT2D eigenvalue weighted by Crippen LogP contribution is -2.26. The van der Waals surface area contributed by atoms with Crippen LogP contribution in [0.5, 0.6) is 0 Å². The maximum absolute atomic E-state index is 11.4. The fourth-order valence-electron chi connectivity index (χ4n) is 1.11. The quantitative estimate of drug-likeness (QED) is 0.550. The molecule has 1 aromatic rings. The van der Waals surface area contributed by atoms with E-state index in [1.165, 1.54) is 6.33 Å². The second-order valence-corrected chi connectivity index (χ2v) is 3.09. The number of hydrogen-bond donors (Lipinski definition) is 3. The number of imidazole rings is 1. The first-order valence-corrected chi connectivity index (χ1v) is 4.94. The molecular formula is C10H15N3O3. The van der Waals surface area contributed by atoms with Gasteiger partial charge in [-0.15, -0.1) is 0 Å². The van der Waals surface area contributed by atoms with Crippen molar-refractivity contribution in [1.29, 1.82) is 0 Å². The summed E-state index contributed by atoms with van der Waals surface area (Å²) in [6, 6.07) is 0. The molecular weight excluding hydrogens is 210 g/mol. The number of nitrogens with one attached hydrogen (secondary N) is 1. The van der Waals surface area contributed by atoms with E-state index in [1.807, 2.05) is 0 Å². The normalized spacial score (nSPS) is 10.9. The zero-order chi connectivity index (χ0) is 11.8. The van der Waals surface area contributed by atoms with E-state index in [9.17, 15) is 4.79 Å². The third-order valence-electron chi connectivity index (χ3n) is 1.85. The third-order valence-corrected chi connectivity index (χ3v) is 1.85. The summed E-state index contributed by atoms with van der Waals surface area (Å²) in [7, 11) is 0. The molecule has 0 aromatic carbocycles. The summed E-state index contributed by atoms with van der Waals surface area (Å²) in [6.45, 7) is 0.682. The molecule has 0 aliphatic heterocycles. The number of rotatable bonds is 6. The summed E-state index contributed by atoms with van der Waals surface area (Å²) in [5.41, 5.74) is 0.311. The fraction of sp³-hybridized carbons (Fsp3) is 0.400. The van der Waals surface area contributed by atoms with E-state index >= 15 is 0 Å². The summed E-state index contributed by atoms with van der Waals surface area (Å²) in [6.07, 6.45) is 6.53. The highest BCUT2D eigenvalue weighted by Crippen LogP contribution is 1.96. The summed E-state index contributed by atoms with van der Waals surface area (Å²) in [4.78, 5) is 15.3. The Labute approximate surface area is 93.2 Å². The molecule has 3 N–H and O–H groups in total. The number of carbonyl (C=O) groups is 1. The maximum Gasteiger partial charge on any atom is 0.271 e. The number of aromatic nitrogens is 2. The van der Waals surface area contributed by atoms with Gasteiger partial charge in [0.1, 0.15) is 5.69 Å². The minimum Gasteiger partial charge on any atom is -0.395 e. The lowest BCUT2D eigenvalue weighted by Gasteiger charge is -1.98. The Hall–Kier alpha value is -1.66. The number of nitrogens with zero attached hydrogens (tertiary/aromatic N) is 2. The van der Waals surface area contributed by atoms with Crippen LogP contribution in [0.15, 0.2) is 24.7 Å². The first-order chi connectivity index (χ1) is 7.77. The van der Waals surface area contributed by atoms with Gasteiger partial charge in [-0.1, -0.05) is 12.2 Å². The lowest BCUT2D eigenvalue weighted by atomic mass is 10.4. The topological polar surface area (TPSA) is 87.4 Å². The number of amides is 1. The summed E-state index contributed by atoms with van der Waals surface area (Å²) < 4.78 is 1.72. The summed E-state index contributed by atoms with van der Waals surface area (Å²) in [5.74, 6) is -0.307. The van der Waals surface area contributed by atoms with Crippen LogP contribution in [0.4, 0.5) is 0 Å². The Bertz CT molecular complexity index is 360. The van der Waals surface area contributed by atoms with Crippen LogP contribution < -0.4 is 5.32 Å². The van der Waals surface area contributed by atoms with Crippen molar-refractivity contribution in [3.8, 4) is 0 Å². The number of allylic oxidation sites excluding steroid dienone is 1. The Morgan fingerprint density at radius 3 is 3.00 bits per heavy atom. The summed E-state index contributed by atoms with van der Waals surface area (Å²) >= 11 is 0. The minimum atomic E-state index is -0.307. The van der Waals surface area contributed by atoms with Crippen molar-refractivity contribution in [2.45, 2.75) is 6.54 Å². The zero-order valence-corrected chi connectivity index (χ0v) is 8.83. The second kappa shape index (κ2) is 6.76. The molecule has 6 nitrogen and oxygen atoms in total. The lowest BCUT2D eigenvalue weighted by molar-refractivity contribution is 0.0940. The Morgan fingerprint density at radius 2 is 2.31 bits per heavy atom. The number of carbonyl (C=O) groups excluding carboxylic acids is 1. The number of hydrogen-bond acceptors (Lipinski definition) is 4. The van der Waals surface area contributed by atoms with E-state index < -0.39 is 0 Å².